The Morgan fingerprint density at radius 2 is 1.80 bits per heavy atom. The molecule has 0 spiro atoms. The van der Waals surface area contributed by atoms with Gasteiger partial charge in [-0.25, -0.2) is 8.42 Å². The molecule has 2 heterocycles. The van der Waals surface area contributed by atoms with Gasteiger partial charge in [-0.05, 0) is 68.3 Å². The Morgan fingerprint density at radius 3 is 2.46 bits per heavy atom. The molecule has 2 aromatic heterocycles. The number of benzene rings is 2. The Bertz CT molecular complexity index is 1500. The fraction of sp³-hybridized carbons (Fsp3) is 0.250. The van der Waals surface area contributed by atoms with E-state index in [1.807, 2.05) is 27.0 Å². The lowest BCUT2D eigenvalue weighted by Gasteiger charge is -2.12. The number of hydrogen-bond donors (Lipinski definition) is 2. The molecular formula is C24H24N6O4S. The summed E-state index contributed by atoms with van der Waals surface area (Å²) < 4.78 is 35.4. The van der Waals surface area contributed by atoms with Gasteiger partial charge in [0.25, 0.3) is 15.9 Å². The van der Waals surface area contributed by atoms with Crippen LogP contribution in [0.2, 0.25) is 0 Å². The van der Waals surface area contributed by atoms with E-state index in [-0.39, 0.29) is 22.1 Å². The summed E-state index contributed by atoms with van der Waals surface area (Å²) in [6.07, 6.45) is 1.71. The average molecular weight is 493 g/mol. The molecule has 1 aliphatic carbocycles. The molecule has 35 heavy (non-hydrogen) atoms. The summed E-state index contributed by atoms with van der Waals surface area (Å²) >= 11 is 0. The van der Waals surface area contributed by atoms with Crippen molar-refractivity contribution in [1.29, 1.82) is 0 Å². The van der Waals surface area contributed by atoms with Gasteiger partial charge < -0.3 is 9.84 Å². The molecule has 1 saturated carbocycles. The average Bonchev–Trinajstić information content (AvgIpc) is 3.24. The van der Waals surface area contributed by atoms with Crippen LogP contribution < -0.4 is 10.0 Å². The number of aryl methyl sites for hydroxylation is 2. The van der Waals surface area contributed by atoms with Crippen LogP contribution in [0.1, 0.15) is 25.5 Å². The van der Waals surface area contributed by atoms with Crippen molar-refractivity contribution in [2.24, 2.45) is 12.5 Å². The largest absolute Gasteiger partial charge is 0.332 e. The number of carbonyl (C=O) groups excluding carboxylic acids is 1. The highest BCUT2D eigenvalue weighted by Gasteiger charge is 2.44. The predicted octanol–water partition coefficient (Wildman–Crippen LogP) is 3.98. The molecule has 2 aromatic carbocycles. The van der Waals surface area contributed by atoms with E-state index in [0.29, 0.717) is 28.5 Å². The van der Waals surface area contributed by atoms with Crippen molar-refractivity contribution in [3.05, 3.63) is 60.3 Å². The fourth-order valence-corrected chi connectivity index (χ4v) is 4.51. The van der Waals surface area contributed by atoms with Crippen LogP contribution in [-0.4, -0.2) is 34.2 Å². The zero-order chi connectivity index (χ0) is 24.8. The van der Waals surface area contributed by atoms with Crippen molar-refractivity contribution in [2.45, 2.75) is 31.6 Å². The quantitative estimate of drug-likeness (QED) is 0.399. The fourth-order valence-electron chi connectivity index (χ4n) is 3.46. The first kappa shape index (κ1) is 22.8. The van der Waals surface area contributed by atoms with Gasteiger partial charge in [0.1, 0.15) is 0 Å². The normalized spacial score (nSPS) is 14.5. The molecule has 0 bridgehead atoms. The molecule has 1 amide bonds. The maximum atomic E-state index is 12.9. The number of aromatic nitrogens is 4. The number of nitrogens with one attached hydrogen (secondary N) is 2. The van der Waals surface area contributed by atoms with Crippen LogP contribution in [0.4, 0.5) is 11.4 Å². The number of rotatable bonds is 7. The first-order valence-corrected chi connectivity index (χ1v) is 12.5. The van der Waals surface area contributed by atoms with Crippen LogP contribution in [-0.2, 0) is 21.9 Å². The third-order valence-corrected chi connectivity index (χ3v) is 7.50. The Morgan fingerprint density at radius 1 is 1.09 bits per heavy atom. The zero-order valence-electron chi connectivity index (χ0n) is 19.4. The second kappa shape index (κ2) is 8.35. The van der Waals surface area contributed by atoms with E-state index < -0.39 is 10.0 Å². The van der Waals surface area contributed by atoms with Crippen LogP contribution in [0, 0.1) is 12.3 Å². The van der Waals surface area contributed by atoms with Gasteiger partial charge in [0.05, 0.1) is 10.6 Å². The minimum absolute atomic E-state index is 0.0594. The first-order valence-electron chi connectivity index (χ1n) is 11.0. The van der Waals surface area contributed by atoms with Crippen LogP contribution in [0.25, 0.3) is 23.0 Å². The summed E-state index contributed by atoms with van der Waals surface area (Å²) in [4.78, 5) is 16.7. The van der Waals surface area contributed by atoms with E-state index in [9.17, 15) is 13.2 Å². The third-order valence-electron chi connectivity index (χ3n) is 6.10. The predicted molar refractivity (Wildman–Crippen MR) is 130 cm³/mol. The highest BCUT2D eigenvalue weighted by atomic mass is 32.2. The van der Waals surface area contributed by atoms with Gasteiger partial charge in [-0.2, -0.15) is 10.1 Å². The summed E-state index contributed by atoms with van der Waals surface area (Å²) in [7, 11) is -2.03. The molecule has 10 nitrogen and oxygen atoms in total. The van der Waals surface area contributed by atoms with E-state index in [4.69, 9.17) is 4.52 Å². The highest BCUT2D eigenvalue weighted by Crippen LogP contribution is 2.45. The van der Waals surface area contributed by atoms with Crippen molar-refractivity contribution < 1.29 is 17.7 Å². The Kier molecular flexibility index (Phi) is 5.43. The Labute approximate surface area is 202 Å². The highest BCUT2D eigenvalue weighted by molar-refractivity contribution is 7.92. The molecule has 1 aliphatic rings. The zero-order valence-corrected chi connectivity index (χ0v) is 20.3. The molecule has 1 fully saturated rings. The molecule has 0 aliphatic heterocycles. The van der Waals surface area contributed by atoms with Gasteiger partial charge >= 0.3 is 0 Å². The topological polar surface area (TPSA) is 132 Å². The maximum absolute atomic E-state index is 12.9. The lowest BCUT2D eigenvalue weighted by Crippen LogP contribution is -2.21. The number of hydrogen-bond acceptors (Lipinski definition) is 7. The number of carbonyl (C=O) groups is 1. The summed E-state index contributed by atoms with van der Waals surface area (Å²) in [6, 6.07) is 14.6. The number of amides is 1. The molecule has 4 aromatic rings. The molecule has 2 N–H and O–H groups in total. The summed E-state index contributed by atoms with van der Waals surface area (Å²) in [5.41, 5.74) is 2.68. The molecule has 5 rings (SSSR count). The van der Waals surface area contributed by atoms with Crippen molar-refractivity contribution in [3.63, 3.8) is 0 Å². The SMILES string of the molecule is Cc1cc(-c2nc(-c3ccc(S(=O)(=O)Nc4cccc(NC(=O)C5(C)CC5)c4)cc3)no2)nn1C. The van der Waals surface area contributed by atoms with E-state index >= 15 is 0 Å². The van der Waals surface area contributed by atoms with Crippen molar-refractivity contribution >= 4 is 27.3 Å². The van der Waals surface area contributed by atoms with Crippen LogP contribution >= 0.6 is 0 Å². The molecule has 180 valence electrons. The lowest BCUT2D eigenvalue weighted by molar-refractivity contribution is -0.120. The Hall–Kier alpha value is -3.99. The standard InChI is InChI=1S/C24H24N6O4S/c1-15-13-20(27-30(15)3)22-26-21(28-34-22)16-7-9-19(10-8-16)35(32,33)29-18-6-4-5-17(14-18)25-23(31)24(2)11-12-24/h4-10,13-14,29H,11-12H2,1-3H3,(H,25,31). The minimum atomic E-state index is -3.85. The van der Waals surface area contributed by atoms with Crippen molar-refractivity contribution in [2.75, 3.05) is 10.0 Å². The van der Waals surface area contributed by atoms with Crippen LogP contribution in [0.3, 0.4) is 0 Å². The number of anilines is 2. The van der Waals surface area contributed by atoms with Gasteiger partial charge in [-0.15, -0.1) is 0 Å². The minimum Gasteiger partial charge on any atom is -0.332 e. The monoisotopic (exact) mass is 492 g/mol. The molecule has 0 radical (unpaired) electrons. The van der Waals surface area contributed by atoms with Crippen molar-refractivity contribution in [3.8, 4) is 23.0 Å². The third kappa shape index (κ3) is 4.67. The molecule has 0 unspecified atom stereocenters. The first-order chi connectivity index (χ1) is 16.6. The Balaban J connectivity index is 1.30. The molecule has 0 saturated heterocycles. The smallest absolute Gasteiger partial charge is 0.278 e. The lowest BCUT2D eigenvalue weighted by atomic mass is 10.1. The van der Waals surface area contributed by atoms with Gasteiger partial charge in [-0.3, -0.25) is 14.2 Å². The number of nitrogens with zero attached hydrogens (tertiary/aromatic N) is 4. The van der Waals surface area contributed by atoms with E-state index in [1.54, 1.807) is 41.1 Å². The van der Waals surface area contributed by atoms with E-state index in [0.717, 1.165) is 18.5 Å². The van der Waals surface area contributed by atoms with Gasteiger partial charge in [0.2, 0.25) is 11.7 Å². The van der Waals surface area contributed by atoms with Crippen LogP contribution in [0.15, 0.2) is 64.0 Å². The molecular weight excluding hydrogens is 468 g/mol. The second-order valence-corrected chi connectivity index (χ2v) is 10.6. The van der Waals surface area contributed by atoms with Crippen molar-refractivity contribution in [1.82, 2.24) is 19.9 Å². The number of sulfonamides is 1. The van der Waals surface area contributed by atoms with Gasteiger partial charge in [0.15, 0.2) is 5.69 Å². The van der Waals surface area contributed by atoms with E-state index in [2.05, 4.69) is 25.3 Å². The van der Waals surface area contributed by atoms with E-state index in [1.165, 1.54) is 12.1 Å². The molecule has 0 atom stereocenters. The summed E-state index contributed by atoms with van der Waals surface area (Å²) in [6.45, 7) is 3.83. The van der Waals surface area contributed by atoms with Gasteiger partial charge in [0, 0.05) is 29.4 Å². The van der Waals surface area contributed by atoms with Crippen LogP contribution in [0.5, 0.6) is 0 Å². The summed E-state index contributed by atoms with van der Waals surface area (Å²) in [5.74, 6) is 0.550. The molecule has 11 heteroatoms. The maximum Gasteiger partial charge on any atom is 0.278 e. The second-order valence-electron chi connectivity index (χ2n) is 8.94. The van der Waals surface area contributed by atoms with Gasteiger partial charge in [-0.1, -0.05) is 18.1 Å². The summed E-state index contributed by atoms with van der Waals surface area (Å²) in [5, 5.41) is 11.2.